The predicted octanol–water partition coefficient (Wildman–Crippen LogP) is 5.46. The van der Waals surface area contributed by atoms with Crippen LogP contribution in [-0.4, -0.2) is 29.0 Å². The van der Waals surface area contributed by atoms with E-state index in [0.717, 1.165) is 52.3 Å². The smallest absolute Gasteiger partial charge is 0.229 e. The van der Waals surface area contributed by atoms with Crippen LogP contribution in [0.25, 0.3) is 10.8 Å². The minimum Gasteiger partial charge on any atom is -0.356 e. The quantitative estimate of drug-likeness (QED) is 0.419. The maximum atomic E-state index is 12.7. The lowest BCUT2D eigenvalue weighted by molar-refractivity contribution is -0.115. The van der Waals surface area contributed by atoms with Gasteiger partial charge >= 0.3 is 0 Å². The van der Waals surface area contributed by atoms with Gasteiger partial charge in [0.25, 0.3) is 0 Å². The summed E-state index contributed by atoms with van der Waals surface area (Å²) in [5.41, 5.74) is 3.59. The highest BCUT2D eigenvalue weighted by molar-refractivity contribution is 5.96. The van der Waals surface area contributed by atoms with Gasteiger partial charge in [0.05, 0.1) is 6.42 Å². The Morgan fingerprint density at radius 3 is 2.45 bits per heavy atom. The zero-order valence-corrected chi connectivity index (χ0v) is 18.7. The fourth-order valence-electron chi connectivity index (χ4n) is 4.31. The van der Waals surface area contributed by atoms with Crippen LogP contribution in [0.15, 0.2) is 72.8 Å². The van der Waals surface area contributed by atoms with Crippen molar-refractivity contribution < 1.29 is 4.79 Å². The van der Waals surface area contributed by atoms with Gasteiger partial charge < -0.3 is 15.5 Å². The average molecular weight is 438 g/mol. The number of aromatic nitrogens is 2. The Bertz CT molecular complexity index is 1270. The molecule has 1 aromatic heterocycles. The molecule has 166 valence electrons. The first-order chi connectivity index (χ1) is 16.1. The first kappa shape index (κ1) is 20.9. The number of carbonyl (C=O) groups is 1. The normalized spacial score (nSPS) is 13.3. The van der Waals surface area contributed by atoms with Crippen LogP contribution in [0, 0.1) is 6.92 Å². The molecular weight excluding hydrogens is 410 g/mol. The van der Waals surface area contributed by atoms with E-state index in [0.29, 0.717) is 12.4 Å². The Hall–Kier alpha value is -3.93. The number of anilines is 4. The molecule has 1 aliphatic rings. The Labute approximate surface area is 193 Å². The van der Waals surface area contributed by atoms with E-state index in [-0.39, 0.29) is 5.91 Å². The monoisotopic (exact) mass is 437 g/mol. The molecule has 0 radical (unpaired) electrons. The van der Waals surface area contributed by atoms with Crippen molar-refractivity contribution in [3.8, 4) is 0 Å². The maximum Gasteiger partial charge on any atom is 0.229 e. The third-order valence-corrected chi connectivity index (χ3v) is 5.93. The van der Waals surface area contributed by atoms with Gasteiger partial charge in [-0.3, -0.25) is 4.79 Å². The molecule has 0 saturated carbocycles. The van der Waals surface area contributed by atoms with E-state index in [1.807, 2.05) is 61.5 Å². The molecule has 2 N–H and O–H groups in total. The van der Waals surface area contributed by atoms with Crippen LogP contribution < -0.4 is 15.5 Å². The summed E-state index contributed by atoms with van der Waals surface area (Å²) in [6.07, 6.45) is 2.75. The number of nitrogens with zero attached hydrogens (tertiary/aromatic N) is 3. The lowest BCUT2D eigenvalue weighted by Gasteiger charge is -2.17. The highest BCUT2D eigenvalue weighted by Gasteiger charge is 2.15. The van der Waals surface area contributed by atoms with Crippen LogP contribution in [0.2, 0.25) is 0 Å². The van der Waals surface area contributed by atoms with Crippen LogP contribution in [-0.2, 0) is 11.2 Å². The van der Waals surface area contributed by atoms with Crippen LogP contribution in [0.4, 0.5) is 23.1 Å². The van der Waals surface area contributed by atoms with Crippen LogP contribution in [0.1, 0.15) is 24.1 Å². The molecule has 1 fully saturated rings. The van der Waals surface area contributed by atoms with E-state index >= 15 is 0 Å². The van der Waals surface area contributed by atoms with Gasteiger partial charge in [0.15, 0.2) is 0 Å². The molecule has 3 aromatic carbocycles. The number of amides is 1. The SMILES string of the molecule is Cc1cc(N2CCCC2)nc(Nc2ccc(NC(=O)Cc3cccc4ccccc34)cc2)n1. The second kappa shape index (κ2) is 9.28. The van der Waals surface area contributed by atoms with Crippen molar-refractivity contribution in [2.24, 2.45) is 0 Å². The minimum atomic E-state index is -0.0377. The summed E-state index contributed by atoms with van der Waals surface area (Å²) in [5, 5.41) is 8.54. The van der Waals surface area contributed by atoms with Crippen molar-refractivity contribution >= 4 is 39.8 Å². The molecule has 4 aromatic rings. The molecule has 5 rings (SSSR count). The number of nitrogens with one attached hydrogen (secondary N) is 2. The molecule has 0 unspecified atom stereocenters. The molecule has 1 amide bonds. The summed E-state index contributed by atoms with van der Waals surface area (Å²) in [7, 11) is 0. The van der Waals surface area contributed by atoms with E-state index in [1.165, 1.54) is 12.8 Å². The van der Waals surface area contributed by atoms with E-state index < -0.39 is 0 Å². The lowest BCUT2D eigenvalue weighted by Crippen LogP contribution is -2.19. The molecule has 1 aliphatic heterocycles. The van der Waals surface area contributed by atoms with Gasteiger partial charge in [0.2, 0.25) is 11.9 Å². The van der Waals surface area contributed by atoms with Crippen molar-refractivity contribution in [2.45, 2.75) is 26.2 Å². The first-order valence-electron chi connectivity index (χ1n) is 11.4. The number of carbonyl (C=O) groups excluding carboxylic acids is 1. The second-order valence-corrected chi connectivity index (χ2v) is 8.45. The molecule has 1 saturated heterocycles. The largest absolute Gasteiger partial charge is 0.356 e. The van der Waals surface area contributed by atoms with E-state index in [9.17, 15) is 4.79 Å². The van der Waals surface area contributed by atoms with Crippen molar-refractivity contribution in [1.82, 2.24) is 9.97 Å². The van der Waals surface area contributed by atoms with Gasteiger partial charge in [-0.1, -0.05) is 42.5 Å². The molecule has 0 spiro atoms. The molecule has 33 heavy (non-hydrogen) atoms. The predicted molar refractivity (Wildman–Crippen MR) is 134 cm³/mol. The van der Waals surface area contributed by atoms with Crippen LogP contribution in [0.3, 0.4) is 0 Å². The average Bonchev–Trinajstić information content (AvgIpc) is 3.35. The lowest BCUT2D eigenvalue weighted by atomic mass is 10.0. The molecular formula is C27H27N5O. The fourth-order valence-corrected chi connectivity index (χ4v) is 4.31. The van der Waals surface area contributed by atoms with E-state index in [4.69, 9.17) is 0 Å². The standard InChI is InChI=1S/C27H27N5O/c1-19-17-25(32-15-4-5-16-32)31-27(28-19)30-23-13-11-22(12-14-23)29-26(33)18-21-9-6-8-20-7-2-3-10-24(20)21/h2-3,6-14,17H,4-5,15-16,18H2,1H3,(H,29,33)(H,28,30,31). The second-order valence-electron chi connectivity index (χ2n) is 8.45. The number of rotatable bonds is 6. The zero-order valence-electron chi connectivity index (χ0n) is 18.7. The van der Waals surface area contributed by atoms with Gasteiger partial charge in [0.1, 0.15) is 5.82 Å². The van der Waals surface area contributed by atoms with Gasteiger partial charge in [-0.2, -0.15) is 4.98 Å². The van der Waals surface area contributed by atoms with E-state index in [2.05, 4.69) is 43.7 Å². The Morgan fingerprint density at radius 2 is 1.64 bits per heavy atom. The Morgan fingerprint density at radius 1 is 0.909 bits per heavy atom. The zero-order chi connectivity index (χ0) is 22.6. The van der Waals surface area contributed by atoms with Gasteiger partial charge in [0, 0.05) is 36.2 Å². The summed E-state index contributed by atoms with van der Waals surface area (Å²) < 4.78 is 0. The van der Waals surface area contributed by atoms with Gasteiger partial charge in [-0.25, -0.2) is 4.98 Å². The van der Waals surface area contributed by atoms with Gasteiger partial charge in [-0.15, -0.1) is 0 Å². The molecule has 0 bridgehead atoms. The van der Waals surface area contributed by atoms with Crippen molar-refractivity contribution in [1.29, 1.82) is 0 Å². The topological polar surface area (TPSA) is 70.2 Å². The van der Waals surface area contributed by atoms with Crippen LogP contribution >= 0.6 is 0 Å². The summed E-state index contributed by atoms with van der Waals surface area (Å²) in [6, 6.07) is 23.9. The Balaban J connectivity index is 1.24. The number of hydrogen-bond acceptors (Lipinski definition) is 5. The summed E-state index contributed by atoms with van der Waals surface area (Å²) in [5.74, 6) is 1.52. The third kappa shape index (κ3) is 4.95. The highest BCUT2D eigenvalue weighted by atomic mass is 16.1. The number of aryl methyl sites for hydroxylation is 1. The number of benzene rings is 3. The van der Waals surface area contributed by atoms with Crippen molar-refractivity contribution in [3.05, 3.63) is 84.1 Å². The summed E-state index contributed by atoms with van der Waals surface area (Å²) >= 11 is 0. The highest BCUT2D eigenvalue weighted by Crippen LogP contribution is 2.23. The molecule has 0 aliphatic carbocycles. The van der Waals surface area contributed by atoms with Gasteiger partial charge in [-0.05, 0) is 60.4 Å². The molecule has 0 atom stereocenters. The fraction of sp³-hybridized carbons (Fsp3) is 0.222. The molecule has 6 heteroatoms. The van der Waals surface area contributed by atoms with Crippen molar-refractivity contribution in [2.75, 3.05) is 28.6 Å². The maximum absolute atomic E-state index is 12.7. The molecule has 6 nitrogen and oxygen atoms in total. The molecule has 2 heterocycles. The van der Waals surface area contributed by atoms with Crippen molar-refractivity contribution in [3.63, 3.8) is 0 Å². The Kier molecular flexibility index (Phi) is 5.89. The number of hydrogen-bond donors (Lipinski definition) is 2. The third-order valence-electron chi connectivity index (χ3n) is 5.93. The van der Waals surface area contributed by atoms with E-state index in [1.54, 1.807) is 0 Å². The van der Waals surface area contributed by atoms with Crippen LogP contribution in [0.5, 0.6) is 0 Å². The summed E-state index contributed by atoms with van der Waals surface area (Å²) in [6.45, 7) is 4.08. The number of fused-ring (bicyclic) bond motifs is 1. The summed E-state index contributed by atoms with van der Waals surface area (Å²) in [4.78, 5) is 24.2. The first-order valence-corrected chi connectivity index (χ1v) is 11.4. The minimum absolute atomic E-state index is 0.0377.